The van der Waals surface area contributed by atoms with Gasteiger partial charge in [-0.25, -0.2) is 8.78 Å². The van der Waals surface area contributed by atoms with Crippen molar-refractivity contribution >= 4 is 23.5 Å². The van der Waals surface area contributed by atoms with Gasteiger partial charge in [-0.3, -0.25) is 14.4 Å². The Morgan fingerprint density at radius 3 is 2.50 bits per heavy atom. The van der Waals surface area contributed by atoms with Crippen LogP contribution in [0, 0.1) is 17.6 Å². The molecular formula is C22H22F2N2O4. The lowest BCUT2D eigenvalue weighted by atomic mass is 10.1. The lowest BCUT2D eigenvalue weighted by Gasteiger charge is -2.25. The molecule has 1 saturated heterocycles. The number of hydrogen-bond donors (Lipinski definition) is 1. The molecule has 8 heteroatoms. The lowest BCUT2D eigenvalue weighted by molar-refractivity contribution is -0.157. The Kier molecular flexibility index (Phi) is 6.44. The van der Waals surface area contributed by atoms with Crippen LogP contribution in [0.15, 0.2) is 48.5 Å². The molecule has 0 aliphatic carbocycles. The van der Waals surface area contributed by atoms with Crippen molar-refractivity contribution in [1.82, 2.24) is 4.90 Å². The molecule has 0 spiro atoms. The Bertz CT molecular complexity index is 951. The number of esters is 1. The van der Waals surface area contributed by atoms with E-state index in [-0.39, 0.29) is 30.6 Å². The predicted molar refractivity (Wildman–Crippen MR) is 105 cm³/mol. The van der Waals surface area contributed by atoms with E-state index in [1.807, 2.05) is 37.3 Å². The molecule has 6 nitrogen and oxygen atoms in total. The van der Waals surface area contributed by atoms with Gasteiger partial charge in [0.05, 0.1) is 17.6 Å². The fourth-order valence-electron chi connectivity index (χ4n) is 3.32. The summed E-state index contributed by atoms with van der Waals surface area (Å²) in [6, 6.07) is 12.0. The first-order chi connectivity index (χ1) is 14.3. The molecule has 1 aliphatic heterocycles. The molecule has 30 heavy (non-hydrogen) atoms. The van der Waals surface area contributed by atoms with Gasteiger partial charge in [0, 0.05) is 19.0 Å². The van der Waals surface area contributed by atoms with E-state index in [0.29, 0.717) is 6.07 Å². The Balaban J connectivity index is 1.57. The monoisotopic (exact) mass is 416 g/mol. The molecule has 158 valence electrons. The van der Waals surface area contributed by atoms with Crippen molar-refractivity contribution in [3.05, 3.63) is 65.7 Å². The highest BCUT2D eigenvalue weighted by atomic mass is 19.1. The summed E-state index contributed by atoms with van der Waals surface area (Å²) in [7, 11) is 0. The van der Waals surface area contributed by atoms with Gasteiger partial charge in [-0.1, -0.05) is 30.3 Å². The molecule has 1 aliphatic rings. The second-order valence-corrected chi connectivity index (χ2v) is 7.23. The van der Waals surface area contributed by atoms with Crippen LogP contribution in [0.3, 0.4) is 0 Å². The highest BCUT2D eigenvalue weighted by Crippen LogP contribution is 2.29. The van der Waals surface area contributed by atoms with Gasteiger partial charge in [0.15, 0.2) is 6.10 Å². The van der Waals surface area contributed by atoms with Gasteiger partial charge in [-0.2, -0.15) is 0 Å². The molecule has 0 aromatic heterocycles. The zero-order valence-electron chi connectivity index (χ0n) is 16.6. The number of amides is 2. The molecule has 1 fully saturated rings. The second kappa shape index (κ2) is 9.02. The zero-order chi connectivity index (χ0) is 21.8. The minimum atomic E-state index is -1.21. The molecule has 3 rings (SSSR count). The van der Waals surface area contributed by atoms with Crippen molar-refractivity contribution in [3.8, 4) is 0 Å². The van der Waals surface area contributed by atoms with E-state index in [4.69, 9.17) is 4.74 Å². The number of carbonyl (C=O) groups excluding carboxylic acids is 3. The number of carbonyl (C=O) groups is 3. The van der Waals surface area contributed by atoms with Crippen molar-refractivity contribution in [2.24, 2.45) is 5.92 Å². The molecular weight excluding hydrogens is 394 g/mol. The van der Waals surface area contributed by atoms with Crippen LogP contribution < -0.4 is 5.32 Å². The summed E-state index contributed by atoms with van der Waals surface area (Å²) in [5.74, 6) is -4.00. The quantitative estimate of drug-likeness (QED) is 0.732. The van der Waals surface area contributed by atoms with Crippen LogP contribution in [0.2, 0.25) is 0 Å². The minimum absolute atomic E-state index is 0.00304. The standard InChI is InChI=1S/C22H22F2N2O4/c1-13(15-6-4-3-5-7-15)26-12-16(10-20(26)27)22(29)30-14(2)21(28)25-19-9-8-17(23)11-18(19)24/h3-9,11,13-14,16H,10,12H2,1-2H3,(H,25,28)/t13-,14-,16+/m0/s1. The number of rotatable bonds is 6. The first-order valence-corrected chi connectivity index (χ1v) is 9.57. The number of nitrogens with one attached hydrogen (secondary N) is 1. The van der Waals surface area contributed by atoms with Gasteiger partial charge in [-0.15, -0.1) is 0 Å². The maximum Gasteiger partial charge on any atom is 0.312 e. The van der Waals surface area contributed by atoms with E-state index in [1.54, 1.807) is 4.90 Å². The SMILES string of the molecule is C[C@H](OC(=O)[C@@H]1CC(=O)N([C@@H](C)c2ccccc2)C1)C(=O)Nc1ccc(F)cc1F. The average Bonchev–Trinajstić information content (AvgIpc) is 3.11. The number of halogens is 2. The summed E-state index contributed by atoms with van der Waals surface area (Å²) in [6.07, 6.45) is -1.21. The molecule has 3 atom stereocenters. The predicted octanol–water partition coefficient (Wildman–Crippen LogP) is 3.44. The number of hydrogen-bond acceptors (Lipinski definition) is 4. The van der Waals surface area contributed by atoms with E-state index < -0.39 is 35.5 Å². The molecule has 1 heterocycles. The Hall–Kier alpha value is -3.29. The molecule has 0 unspecified atom stereocenters. The maximum atomic E-state index is 13.7. The third-order valence-corrected chi connectivity index (χ3v) is 5.09. The number of ether oxygens (including phenoxy) is 1. The summed E-state index contributed by atoms with van der Waals surface area (Å²) in [5.41, 5.74) is 0.733. The van der Waals surface area contributed by atoms with Gasteiger partial charge >= 0.3 is 5.97 Å². The second-order valence-electron chi connectivity index (χ2n) is 7.23. The van der Waals surface area contributed by atoms with Gasteiger partial charge in [0.25, 0.3) is 5.91 Å². The van der Waals surface area contributed by atoms with Crippen LogP contribution >= 0.6 is 0 Å². The van der Waals surface area contributed by atoms with Crippen molar-refractivity contribution < 1.29 is 27.9 Å². The minimum Gasteiger partial charge on any atom is -0.452 e. The Morgan fingerprint density at radius 1 is 1.13 bits per heavy atom. The fourth-order valence-corrected chi connectivity index (χ4v) is 3.32. The number of anilines is 1. The van der Waals surface area contributed by atoms with Crippen molar-refractivity contribution in [1.29, 1.82) is 0 Å². The topological polar surface area (TPSA) is 75.7 Å². The number of benzene rings is 2. The Labute approximate surface area is 172 Å². The summed E-state index contributed by atoms with van der Waals surface area (Å²) >= 11 is 0. The third kappa shape index (κ3) is 4.82. The van der Waals surface area contributed by atoms with Crippen molar-refractivity contribution in [2.75, 3.05) is 11.9 Å². The van der Waals surface area contributed by atoms with E-state index in [0.717, 1.165) is 17.7 Å². The smallest absolute Gasteiger partial charge is 0.312 e. The molecule has 2 aromatic rings. The van der Waals surface area contributed by atoms with Gasteiger partial charge in [0.2, 0.25) is 5.91 Å². The van der Waals surface area contributed by atoms with Gasteiger partial charge in [-0.05, 0) is 31.5 Å². The largest absolute Gasteiger partial charge is 0.452 e. The van der Waals surface area contributed by atoms with Crippen LogP contribution in [-0.4, -0.2) is 35.3 Å². The van der Waals surface area contributed by atoms with Crippen LogP contribution in [0.25, 0.3) is 0 Å². The fraction of sp³-hybridized carbons (Fsp3) is 0.318. The highest BCUT2D eigenvalue weighted by Gasteiger charge is 2.38. The first-order valence-electron chi connectivity index (χ1n) is 9.57. The third-order valence-electron chi connectivity index (χ3n) is 5.09. The van der Waals surface area contributed by atoms with E-state index in [2.05, 4.69) is 5.32 Å². The average molecular weight is 416 g/mol. The summed E-state index contributed by atoms with van der Waals surface area (Å²) in [5, 5.41) is 2.26. The molecule has 0 bridgehead atoms. The summed E-state index contributed by atoms with van der Waals surface area (Å²) in [4.78, 5) is 38.7. The Morgan fingerprint density at radius 2 is 1.83 bits per heavy atom. The molecule has 2 aromatic carbocycles. The van der Waals surface area contributed by atoms with Gasteiger partial charge < -0.3 is 15.0 Å². The number of nitrogens with zero attached hydrogens (tertiary/aromatic N) is 1. The maximum absolute atomic E-state index is 13.7. The van der Waals surface area contributed by atoms with Gasteiger partial charge in [0.1, 0.15) is 11.6 Å². The van der Waals surface area contributed by atoms with Crippen LogP contribution in [0.1, 0.15) is 31.9 Å². The molecule has 2 amide bonds. The van der Waals surface area contributed by atoms with Crippen molar-refractivity contribution in [3.63, 3.8) is 0 Å². The summed E-state index contributed by atoms with van der Waals surface area (Å²) < 4.78 is 31.8. The van der Waals surface area contributed by atoms with E-state index >= 15 is 0 Å². The van der Waals surface area contributed by atoms with Crippen LogP contribution in [-0.2, 0) is 19.1 Å². The van der Waals surface area contributed by atoms with Crippen LogP contribution in [0.4, 0.5) is 14.5 Å². The number of likely N-dealkylation sites (tertiary alicyclic amines) is 1. The molecule has 0 radical (unpaired) electrons. The van der Waals surface area contributed by atoms with E-state index in [1.165, 1.54) is 6.92 Å². The highest BCUT2D eigenvalue weighted by molar-refractivity contribution is 5.95. The zero-order valence-corrected chi connectivity index (χ0v) is 16.6. The molecule has 0 saturated carbocycles. The summed E-state index contributed by atoms with van der Waals surface area (Å²) in [6.45, 7) is 3.42. The lowest BCUT2D eigenvalue weighted by Crippen LogP contribution is -2.34. The normalized spacial score (nSPS) is 18.1. The first kappa shape index (κ1) is 21.4. The van der Waals surface area contributed by atoms with Crippen molar-refractivity contribution in [2.45, 2.75) is 32.4 Å². The molecule has 1 N–H and O–H groups in total. The van der Waals surface area contributed by atoms with Crippen LogP contribution in [0.5, 0.6) is 0 Å². The van der Waals surface area contributed by atoms with E-state index in [9.17, 15) is 23.2 Å².